The van der Waals surface area contributed by atoms with Gasteiger partial charge >= 0.3 is 6.03 Å². The van der Waals surface area contributed by atoms with Crippen LogP contribution in [0.3, 0.4) is 0 Å². The quantitative estimate of drug-likeness (QED) is 0.450. The SMILES string of the molecule is C[C@@H](NC(=O)NO)c1ncc(-c2cc(Cl)cc(F)c2-c2nnn(C)n2)cc1F. The Hall–Kier alpha value is -3.18. The Morgan fingerprint density at radius 2 is 2.04 bits per heavy atom. The van der Waals surface area contributed by atoms with Gasteiger partial charge in [-0.05, 0) is 35.9 Å². The third-order valence-electron chi connectivity index (χ3n) is 3.83. The van der Waals surface area contributed by atoms with Gasteiger partial charge in [0.1, 0.15) is 11.6 Å². The van der Waals surface area contributed by atoms with Crippen molar-refractivity contribution in [1.29, 1.82) is 0 Å². The lowest BCUT2D eigenvalue weighted by Crippen LogP contribution is -2.35. The van der Waals surface area contributed by atoms with Crippen molar-refractivity contribution in [3.63, 3.8) is 0 Å². The molecule has 0 saturated carbocycles. The molecule has 1 aromatic carbocycles. The fraction of sp³-hybridized carbons (Fsp3) is 0.188. The predicted octanol–water partition coefficient (Wildman–Crippen LogP) is 2.62. The molecule has 0 aliphatic rings. The number of halogens is 3. The Kier molecular flexibility index (Phi) is 5.47. The normalized spacial score (nSPS) is 11.9. The van der Waals surface area contributed by atoms with E-state index in [1.165, 1.54) is 31.7 Å². The van der Waals surface area contributed by atoms with Crippen LogP contribution in [0.1, 0.15) is 18.7 Å². The second kappa shape index (κ2) is 7.82. The first kappa shape index (κ1) is 19.6. The number of tetrazole rings is 1. The Morgan fingerprint density at radius 1 is 1.29 bits per heavy atom. The first-order valence-corrected chi connectivity index (χ1v) is 8.27. The topological polar surface area (TPSA) is 118 Å². The van der Waals surface area contributed by atoms with E-state index in [1.54, 1.807) is 0 Å². The van der Waals surface area contributed by atoms with E-state index >= 15 is 0 Å². The van der Waals surface area contributed by atoms with Crippen LogP contribution in [0.2, 0.25) is 5.02 Å². The van der Waals surface area contributed by atoms with E-state index in [-0.39, 0.29) is 33.2 Å². The zero-order valence-corrected chi connectivity index (χ0v) is 15.4. The number of pyridine rings is 1. The molecule has 0 aliphatic carbocycles. The smallest absolute Gasteiger partial charge is 0.328 e. The molecular formula is C16H14ClF2N7O2. The van der Waals surface area contributed by atoms with Gasteiger partial charge in [0.15, 0.2) is 0 Å². The van der Waals surface area contributed by atoms with Gasteiger partial charge < -0.3 is 5.32 Å². The molecule has 0 unspecified atom stereocenters. The van der Waals surface area contributed by atoms with Gasteiger partial charge in [-0.25, -0.2) is 19.1 Å². The number of urea groups is 1. The number of nitrogens with zero attached hydrogens (tertiary/aromatic N) is 5. The van der Waals surface area contributed by atoms with Gasteiger partial charge in [-0.1, -0.05) is 11.6 Å². The number of nitrogens with one attached hydrogen (secondary N) is 2. The van der Waals surface area contributed by atoms with Gasteiger partial charge in [0.25, 0.3) is 0 Å². The molecule has 0 spiro atoms. The number of carbonyl (C=O) groups excluding carboxylic acids is 1. The summed E-state index contributed by atoms with van der Waals surface area (Å²) in [5.74, 6) is -1.44. The van der Waals surface area contributed by atoms with Gasteiger partial charge in [-0.2, -0.15) is 4.80 Å². The van der Waals surface area contributed by atoms with E-state index in [2.05, 4.69) is 25.7 Å². The monoisotopic (exact) mass is 409 g/mol. The van der Waals surface area contributed by atoms with Crippen molar-refractivity contribution in [3.8, 4) is 22.5 Å². The first-order valence-electron chi connectivity index (χ1n) is 7.90. The van der Waals surface area contributed by atoms with Crippen LogP contribution in [0.5, 0.6) is 0 Å². The minimum absolute atomic E-state index is 0.00252. The van der Waals surface area contributed by atoms with E-state index in [9.17, 15) is 13.6 Å². The Labute approximate surface area is 162 Å². The predicted molar refractivity (Wildman–Crippen MR) is 94.3 cm³/mol. The maximum absolute atomic E-state index is 14.6. The Morgan fingerprint density at radius 3 is 2.64 bits per heavy atom. The van der Waals surface area contributed by atoms with Crippen LogP contribution in [-0.4, -0.2) is 36.4 Å². The van der Waals surface area contributed by atoms with Crippen molar-refractivity contribution >= 4 is 17.6 Å². The number of benzene rings is 1. The van der Waals surface area contributed by atoms with Crippen molar-refractivity contribution in [2.24, 2.45) is 7.05 Å². The summed E-state index contributed by atoms with van der Waals surface area (Å²) in [6.45, 7) is 1.48. The number of hydrogen-bond acceptors (Lipinski definition) is 6. The number of carbonyl (C=O) groups is 1. The molecular weight excluding hydrogens is 396 g/mol. The zero-order valence-electron chi connectivity index (χ0n) is 14.6. The molecule has 28 heavy (non-hydrogen) atoms. The lowest BCUT2D eigenvalue weighted by atomic mass is 9.99. The average Bonchev–Trinajstić information content (AvgIpc) is 3.06. The zero-order chi connectivity index (χ0) is 20.4. The van der Waals surface area contributed by atoms with E-state index in [0.29, 0.717) is 0 Å². The molecule has 2 heterocycles. The van der Waals surface area contributed by atoms with Crippen LogP contribution >= 0.6 is 11.6 Å². The van der Waals surface area contributed by atoms with E-state index < -0.39 is 23.7 Å². The summed E-state index contributed by atoms with van der Waals surface area (Å²) in [5, 5.41) is 22.4. The summed E-state index contributed by atoms with van der Waals surface area (Å²) in [4.78, 5) is 16.3. The van der Waals surface area contributed by atoms with Crippen LogP contribution in [0, 0.1) is 11.6 Å². The van der Waals surface area contributed by atoms with Gasteiger partial charge in [-0.3, -0.25) is 10.2 Å². The van der Waals surface area contributed by atoms with Crippen molar-refractivity contribution in [2.45, 2.75) is 13.0 Å². The molecule has 3 rings (SSSR count). The molecule has 3 aromatic rings. The van der Waals surface area contributed by atoms with Gasteiger partial charge in [-0.15, -0.1) is 10.2 Å². The number of aryl methyl sites for hydroxylation is 1. The molecule has 0 bridgehead atoms. The number of amides is 2. The molecule has 0 saturated heterocycles. The number of rotatable bonds is 4. The largest absolute Gasteiger partial charge is 0.339 e. The third-order valence-corrected chi connectivity index (χ3v) is 4.05. The van der Waals surface area contributed by atoms with Crippen LogP contribution < -0.4 is 10.8 Å². The molecule has 0 fully saturated rings. The average molecular weight is 410 g/mol. The van der Waals surface area contributed by atoms with E-state index in [0.717, 1.165) is 16.9 Å². The number of hydroxylamine groups is 1. The highest BCUT2D eigenvalue weighted by atomic mass is 35.5. The molecule has 2 amide bonds. The number of hydrogen-bond donors (Lipinski definition) is 3. The fourth-order valence-electron chi connectivity index (χ4n) is 2.62. The molecule has 0 radical (unpaired) electrons. The van der Waals surface area contributed by atoms with E-state index in [4.69, 9.17) is 16.8 Å². The Balaban J connectivity index is 2.07. The molecule has 9 nitrogen and oxygen atoms in total. The third kappa shape index (κ3) is 3.89. The minimum atomic E-state index is -0.911. The summed E-state index contributed by atoms with van der Waals surface area (Å²) in [6, 6.07) is 1.91. The van der Waals surface area contributed by atoms with Crippen molar-refractivity contribution in [3.05, 3.63) is 46.7 Å². The maximum Gasteiger partial charge on any atom is 0.339 e. The van der Waals surface area contributed by atoms with Gasteiger partial charge in [0, 0.05) is 16.8 Å². The summed E-state index contributed by atoms with van der Waals surface area (Å²) in [7, 11) is 1.52. The highest BCUT2D eigenvalue weighted by Crippen LogP contribution is 2.35. The van der Waals surface area contributed by atoms with Crippen LogP contribution in [-0.2, 0) is 7.05 Å². The lowest BCUT2D eigenvalue weighted by Gasteiger charge is -2.15. The summed E-state index contributed by atoms with van der Waals surface area (Å²) >= 11 is 5.97. The lowest BCUT2D eigenvalue weighted by molar-refractivity contribution is 0.159. The molecule has 2 aromatic heterocycles. The highest BCUT2D eigenvalue weighted by molar-refractivity contribution is 6.31. The second-order valence-corrected chi connectivity index (χ2v) is 6.25. The fourth-order valence-corrected chi connectivity index (χ4v) is 2.83. The molecule has 12 heteroatoms. The standard InChI is InChI=1S/C16H14ClF2N7O2/c1-7(21-16(27)24-28)14-12(19)3-8(6-20-14)10-4-9(17)5-11(18)13(10)15-22-25-26(2)23-15/h3-7,28H,1-2H3,(H2,21,24,27)/t7-/m1/s1. The van der Waals surface area contributed by atoms with Crippen LogP contribution in [0.25, 0.3) is 22.5 Å². The summed E-state index contributed by atoms with van der Waals surface area (Å²) in [6.07, 6.45) is 1.30. The molecule has 0 aliphatic heterocycles. The van der Waals surface area contributed by atoms with Crippen LogP contribution in [0.4, 0.5) is 13.6 Å². The van der Waals surface area contributed by atoms with Crippen molar-refractivity contribution < 1.29 is 18.8 Å². The molecule has 1 atom stereocenters. The van der Waals surface area contributed by atoms with Crippen molar-refractivity contribution in [1.82, 2.24) is 36.0 Å². The number of aromatic nitrogens is 5. The highest BCUT2D eigenvalue weighted by Gasteiger charge is 2.21. The van der Waals surface area contributed by atoms with E-state index in [1.807, 2.05) is 0 Å². The molecule has 3 N–H and O–H groups in total. The minimum Gasteiger partial charge on any atom is -0.328 e. The first-order chi connectivity index (χ1) is 13.3. The van der Waals surface area contributed by atoms with Gasteiger partial charge in [0.05, 0.1) is 24.3 Å². The Bertz CT molecular complexity index is 1040. The van der Waals surface area contributed by atoms with Crippen molar-refractivity contribution in [2.75, 3.05) is 0 Å². The summed E-state index contributed by atoms with van der Waals surface area (Å²) in [5.41, 5.74) is 1.76. The maximum atomic E-state index is 14.6. The van der Waals surface area contributed by atoms with Gasteiger partial charge in [0.2, 0.25) is 5.82 Å². The van der Waals surface area contributed by atoms with Crippen LogP contribution in [0.15, 0.2) is 24.4 Å². The molecule has 146 valence electrons. The second-order valence-electron chi connectivity index (χ2n) is 5.81. The summed E-state index contributed by atoms with van der Waals surface area (Å²) < 4.78 is 29.2.